The maximum absolute atomic E-state index is 4.51. The smallest absolute Gasteiger partial charge is 0.147 e. The maximum Gasteiger partial charge on any atom is 0.147 e. The lowest BCUT2D eigenvalue weighted by Crippen LogP contribution is -2.42. The SMILES string of the molecule is Cc1nc(C)n(C[C@H]2CCCCN2Cc2nccn2C)n1. The molecule has 0 radical (unpaired) electrons. The van der Waals surface area contributed by atoms with Crippen LogP contribution < -0.4 is 0 Å². The molecule has 2 aromatic rings. The molecular formula is C15H24N6. The molecule has 0 N–H and O–H groups in total. The summed E-state index contributed by atoms with van der Waals surface area (Å²) >= 11 is 0. The fourth-order valence-electron chi connectivity index (χ4n) is 3.14. The van der Waals surface area contributed by atoms with Crippen molar-refractivity contribution >= 4 is 0 Å². The fraction of sp³-hybridized carbons (Fsp3) is 0.667. The van der Waals surface area contributed by atoms with Crippen molar-refractivity contribution in [1.29, 1.82) is 0 Å². The molecule has 0 spiro atoms. The van der Waals surface area contributed by atoms with Crippen molar-refractivity contribution in [3.63, 3.8) is 0 Å². The molecule has 1 aliphatic heterocycles. The van der Waals surface area contributed by atoms with Crippen LogP contribution in [0, 0.1) is 13.8 Å². The summed E-state index contributed by atoms with van der Waals surface area (Å²) in [6, 6.07) is 0.523. The number of hydrogen-bond acceptors (Lipinski definition) is 4. The summed E-state index contributed by atoms with van der Waals surface area (Å²) in [5.41, 5.74) is 0. The molecule has 1 fully saturated rings. The Bertz CT molecular complexity index is 599. The Morgan fingerprint density at radius 2 is 2.14 bits per heavy atom. The molecule has 6 heteroatoms. The third-order valence-corrected chi connectivity index (χ3v) is 4.36. The van der Waals surface area contributed by atoms with Crippen molar-refractivity contribution in [3.05, 3.63) is 29.9 Å². The fourth-order valence-corrected chi connectivity index (χ4v) is 3.14. The predicted octanol–water partition coefficient (Wildman–Crippen LogP) is 1.68. The second kappa shape index (κ2) is 5.97. The van der Waals surface area contributed by atoms with E-state index in [2.05, 4.69) is 36.3 Å². The number of aromatic nitrogens is 5. The van der Waals surface area contributed by atoms with E-state index in [1.165, 1.54) is 19.3 Å². The van der Waals surface area contributed by atoms with E-state index in [9.17, 15) is 0 Å². The van der Waals surface area contributed by atoms with Crippen molar-refractivity contribution < 1.29 is 0 Å². The van der Waals surface area contributed by atoms with Gasteiger partial charge in [0.1, 0.15) is 17.5 Å². The van der Waals surface area contributed by atoms with Gasteiger partial charge in [0.2, 0.25) is 0 Å². The van der Waals surface area contributed by atoms with E-state index in [0.717, 1.165) is 37.1 Å². The van der Waals surface area contributed by atoms with E-state index >= 15 is 0 Å². The summed E-state index contributed by atoms with van der Waals surface area (Å²) in [6.45, 7) is 6.98. The number of nitrogens with zero attached hydrogens (tertiary/aromatic N) is 6. The lowest BCUT2D eigenvalue weighted by Gasteiger charge is -2.35. The van der Waals surface area contributed by atoms with Gasteiger partial charge in [-0.25, -0.2) is 14.6 Å². The van der Waals surface area contributed by atoms with Crippen LogP contribution in [-0.4, -0.2) is 41.8 Å². The van der Waals surface area contributed by atoms with Gasteiger partial charge in [-0.05, 0) is 33.2 Å². The van der Waals surface area contributed by atoms with Crippen LogP contribution in [0.2, 0.25) is 0 Å². The average molecular weight is 288 g/mol. The monoisotopic (exact) mass is 288 g/mol. The van der Waals surface area contributed by atoms with Crippen molar-refractivity contribution in [1.82, 2.24) is 29.2 Å². The van der Waals surface area contributed by atoms with Gasteiger partial charge in [-0.15, -0.1) is 0 Å². The largest absolute Gasteiger partial charge is 0.337 e. The normalized spacial score (nSPS) is 20.0. The van der Waals surface area contributed by atoms with E-state index in [-0.39, 0.29) is 0 Å². The molecule has 0 unspecified atom stereocenters. The lowest BCUT2D eigenvalue weighted by atomic mass is 10.0. The third-order valence-electron chi connectivity index (χ3n) is 4.36. The molecule has 3 rings (SSSR count). The van der Waals surface area contributed by atoms with Gasteiger partial charge in [-0.1, -0.05) is 6.42 Å². The van der Waals surface area contributed by atoms with Crippen LogP contribution in [-0.2, 0) is 20.1 Å². The molecule has 0 saturated carbocycles. The number of hydrogen-bond donors (Lipinski definition) is 0. The van der Waals surface area contributed by atoms with Gasteiger partial charge in [0, 0.05) is 25.5 Å². The van der Waals surface area contributed by atoms with Crippen LogP contribution in [0.4, 0.5) is 0 Å². The molecule has 6 nitrogen and oxygen atoms in total. The first-order chi connectivity index (χ1) is 10.1. The number of imidazole rings is 1. The Morgan fingerprint density at radius 3 is 2.81 bits per heavy atom. The molecule has 1 atom stereocenters. The molecule has 0 amide bonds. The first-order valence-electron chi connectivity index (χ1n) is 7.72. The molecule has 21 heavy (non-hydrogen) atoms. The Kier molecular flexibility index (Phi) is 4.05. The van der Waals surface area contributed by atoms with Crippen molar-refractivity contribution in [3.8, 4) is 0 Å². The van der Waals surface area contributed by atoms with Crippen LogP contribution >= 0.6 is 0 Å². The van der Waals surface area contributed by atoms with Crippen LogP contribution in [0.3, 0.4) is 0 Å². The molecule has 0 aromatic carbocycles. The summed E-state index contributed by atoms with van der Waals surface area (Å²) in [5, 5.41) is 4.51. The van der Waals surface area contributed by atoms with E-state index < -0.39 is 0 Å². The predicted molar refractivity (Wildman–Crippen MR) is 80.8 cm³/mol. The summed E-state index contributed by atoms with van der Waals surface area (Å²) in [6.07, 6.45) is 7.69. The summed E-state index contributed by atoms with van der Waals surface area (Å²) in [4.78, 5) is 11.4. The highest BCUT2D eigenvalue weighted by Crippen LogP contribution is 2.20. The molecule has 1 aliphatic rings. The van der Waals surface area contributed by atoms with E-state index in [0.29, 0.717) is 6.04 Å². The molecular weight excluding hydrogens is 264 g/mol. The molecule has 0 aliphatic carbocycles. The van der Waals surface area contributed by atoms with Gasteiger partial charge in [-0.2, -0.15) is 5.10 Å². The highest BCUT2D eigenvalue weighted by molar-refractivity contribution is 4.94. The molecule has 1 saturated heterocycles. The van der Waals surface area contributed by atoms with Crippen molar-refractivity contribution in [2.75, 3.05) is 6.54 Å². The van der Waals surface area contributed by atoms with Gasteiger partial charge < -0.3 is 4.57 Å². The topological polar surface area (TPSA) is 51.8 Å². The number of likely N-dealkylation sites (tertiary alicyclic amines) is 1. The number of rotatable bonds is 4. The first-order valence-corrected chi connectivity index (χ1v) is 7.72. The van der Waals surface area contributed by atoms with Crippen LogP contribution in [0.15, 0.2) is 12.4 Å². The minimum Gasteiger partial charge on any atom is -0.337 e. The highest BCUT2D eigenvalue weighted by Gasteiger charge is 2.24. The zero-order valence-electron chi connectivity index (χ0n) is 13.2. The van der Waals surface area contributed by atoms with Crippen LogP contribution in [0.5, 0.6) is 0 Å². The average Bonchev–Trinajstić information content (AvgIpc) is 2.99. The highest BCUT2D eigenvalue weighted by atomic mass is 15.4. The van der Waals surface area contributed by atoms with E-state index in [1.807, 2.05) is 26.2 Å². The van der Waals surface area contributed by atoms with E-state index in [1.54, 1.807) is 0 Å². The van der Waals surface area contributed by atoms with Gasteiger partial charge in [0.05, 0.1) is 13.1 Å². The minimum atomic E-state index is 0.523. The van der Waals surface area contributed by atoms with Gasteiger partial charge >= 0.3 is 0 Å². The van der Waals surface area contributed by atoms with Gasteiger partial charge in [-0.3, -0.25) is 4.90 Å². The minimum absolute atomic E-state index is 0.523. The van der Waals surface area contributed by atoms with Crippen LogP contribution in [0.1, 0.15) is 36.7 Å². The zero-order valence-corrected chi connectivity index (χ0v) is 13.2. The second-order valence-electron chi connectivity index (χ2n) is 5.96. The molecule has 0 bridgehead atoms. The summed E-state index contributed by atoms with van der Waals surface area (Å²) in [7, 11) is 2.06. The zero-order chi connectivity index (χ0) is 14.8. The van der Waals surface area contributed by atoms with Gasteiger partial charge in [0.15, 0.2) is 0 Å². The van der Waals surface area contributed by atoms with Crippen LogP contribution in [0.25, 0.3) is 0 Å². The Hall–Kier alpha value is -1.69. The van der Waals surface area contributed by atoms with E-state index in [4.69, 9.17) is 0 Å². The first kappa shape index (κ1) is 14.3. The Balaban J connectivity index is 1.72. The lowest BCUT2D eigenvalue weighted by molar-refractivity contribution is 0.117. The summed E-state index contributed by atoms with van der Waals surface area (Å²) in [5.74, 6) is 3.00. The van der Waals surface area contributed by atoms with Gasteiger partial charge in [0.25, 0.3) is 0 Å². The quantitative estimate of drug-likeness (QED) is 0.859. The van der Waals surface area contributed by atoms with Crippen molar-refractivity contribution in [2.45, 2.75) is 52.2 Å². The second-order valence-corrected chi connectivity index (χ2v) is 5.96. The standard InChI is InChI=1S/C15H24N6/c1-12-17-13(2)21(18-12)10-14-6-4-5-8-20(14)11-15-16-7-9-19(15)3/h7,9,14H,4-6,8,10-11H2,1-3H3/t14-/m1/s1. The number of aryl methyl sites for hydroxylation is 3. The maximum atomic E-state index is 4.51. The summed E-state index contributed by atoms with van der Waals surface area (Å²) < 4.78 is 4.16. The molecule has 3 heterocycles. The number of piperidine rings is 1. The van der Waals surface area contributed by atoms with Crippen molar-refractivity contribution in [2.24, 2.45) is 7.05 Å². The molecule has 2 aromatic heterocycles. The Morgan fingerprint density at radius 1 is 1.29 bits per heavy atom. The third kappa shape index (κ3) is 3.15. The Labute approximate surface area is 125 Å². The molecule has 114 valence electrons.